The quantitative estimate of drug-likeness (QED) is 0.531. The molecule has 1 aliphatic carbocycles. The number of hydrogen-bond acceptors (Lipinski definition) is 2. The third kappa shape index (κ3) is 3.63. The standard InChI is InChI=1S/C24H23ClFN3O/c25-17-1-4-19(5-2-17)28-23(30)29-11-8-24(9-12-29)14-16(15-24)20-7-10-27-22-6-3-18(26)13-21(20)22/h1-7,10,13,16H,8-9,11-12,14-15H2,(H,28,30). The Kier molecular flexibility index (Phi) is 4.86. The van der Waals surface area contributed by atoms with Crippen LogP contribution in [0.4, 0.5) is 14.9 Å². The van der Waals surface area contributed by atoms with Crippen LogP contribution in [0.25, 0.3) is 10.9 Å². The van der Waals surface area contributed by atoms with Crippen LogP contribution >= 0.6 is 11.6 Å². The molecule has 5 rings (SSSR count). The van der Waals surface area contributed by atoms with Gasteiger partial charge in [-0.15, -0.1) is 0 Å². The maximum atomic E-state index is 13.8. The summed E-state index contributed by atoms with van der Waals surface area (Å²) in [6.45, 7) is 1.52. The first-order valence-corrected chi connectivity index (χ1v) is 10.7. The highest BCUT2D eigenvalue weighted by Crippen LogP contribution is 2.57. The van der Waals surface area contributed by atoms with Crippen molar-refractivity contribution < 1.29 is 9.18 Å². The number of amides is 2. The fourth-order valence-electron chi connectivity index (χ4n) is 5.03. The van der Waals surface area contributed by atoms with E-state index in [2.05, 4.69) is 10.3 Å². The summed E-state index contributed by atoms with van der Waals surface area (Å²) in [5, 5.41) is 4.53. The second-order valence-corrected chi connectivity index (χ2v) is 9.03. The van der Waals surface area contributed by atoms with E-state index in [1.54, 1.807) is 24.3 Å². The van der Waals surface area contributed by atoms with Crippen molar-refractivity contribution in [3.8, 4) is 0 Å². The summed E-state index contributed by atoms with van der Waals surface area (Å²) in [5.74, 6) is 0.220. The average Bonchev–Trinajstić information content (AvgIpc) is 2.73. The maximum absolute atomic E-state index is 13.8. The number of carbonyl (C=O) groups is 1. The van der Waals surface area contributed by atoms with Crippen LogP contribution in [-0.2, 0) is 0 Å². The molecule has 2 aromatic carbocycles. The number of hydrogen-bond donors (Lipinski definition) is 1. The van der Waals surface area contributed by atoms with E-state index in [9.17, 15) is 9.18 Å². The number of likely N-dealkylation sites (tertiary alicyclic amines) is 1. The zero-order valence-electron chi connectivity index (χ0n) is 16.6. The van der Waals surface area contributed by atoms with Gasteiger partial charge in [-0.05, 0) is 91.1 Å². The third-order valence-corrected chi connectivity index (χ3v) is 6.99. The van der Waals surface area contributed by atoms with E-state index in [0.717, 1.165) is 55.4 Å². The molecule has 0 bridgehead atoms. The molecule has 154 valence electrons. The smallest absolute Gasteiger partial charge is 0.321 e. The monoisotopic (exact) mass is 423 g/mol. The van der Waals surface area contributed by atoms with Gasteiger partial charge in [0, 0.05) is 35.4 Å². The van der Waals surface area contributed by atoms with Gasteiger partial charge in [0.05, 0.1) is 5.52 Å². The van der Waals surface area contributed by atoms with Crippen molar-refractivity contribution in [1.29, 1.82) is 0 Å². The summed E-state index contributed by atoms with van der Waals surface area (Å²) >= 11 is 5.90. The summed E-state index contributed by atoms with van der Waals surface area (Å²) in [6, 6.07) is 14.0. The number of halogens is 2. The first-order valence-electron chi connectivity index (χ1n) is 10.4. The number of rotatable bonds is 2. The van der Waals surface area contributed by atoms with Crippen molar-refractivity contribution in [2.24, 2.45) is 5.41 Å². The number of fused-ring (bicyclic) bond motifs is 1. The zero-order valence-corrected chi connectivity index (χ0v) is 17.3. The Morgan fingerprint density at radius 3 is 2.57 bits per heavy atom. The first kappa shape index (κ1) is 19.3. The predicted octanol–water partition coefficient (Wildman–Crippen LogP) is 6.22. The lowest BCUT2D eigenvalue weighted by atomic mass is 9.56. The van der Waals surface area contributed by atoms with E-state index in [4.69, 9.17) is 11.6 Å². The number of pyridine rings is 1. The van der Waals surface area contributed by atoms with Crippen molar-refractivity contribution in [2.45, 2.75) is 31.6 Å². The second-order valence-electron chi connectivity index (χ2n) is 8.59. The summed E-state index contributed by atoms with van der Waals surface area (Å²) in [6.07, 6.45) is 6.03. The highest BCUT2D eigenvalue weighted by Gasteiger charge is 2.47. The van der Waals surface area contributed by atoms with Gasteiger partial charge in [0.2, 0.25) is 0 Å². The Labute approximate surface area is 180 Å². The summed E-state index contributed by atoms with van der Waals surface area (Å²) < 4.78 is 13.8. The van der Waals surface area contributed by atoms with E-state index in [0.29, 0.717) is 16.4 Å². The number of piperidine rings is 1. The predicted molar refractivity (Wildman–Crippen MR) is 117 cm³/mol. The normalized spacial score (nSPS) is 18.4. The lowest BCUT2D eigenvalue weighted by Gasteiger charge is -2.52. The molecule has 2 amide bonds. The van der Waals surface area contributed by atoms with E-state index >= 15 is 0 Å². The number of urea groups is 1. The molecule has 1 aliphatic heterocycles. The summed E-state index contributed by atoms with van der Waals surface area (Å²) in [4.78, 5) is 18.8. The Balaban J connectivity index is 1.21. The minimum Gasteiger partial charge on any atom is -0.324 e. The molecule has 1 aromatic heterocycles. The van der Waals surface area contributed by atoms with Crippen molar-refractivity contribution in [2.75, 3.05) is 18.4 Å². The van der Waals surface area contributed by atoms with Crippen LogP contribution in [0.3, 0.4) is 0 Å². The van der Waals surface area contributed by atoms with Gasteiger partial charge in [0.25, 0.3) is 0 Å². The Bertz CT molecular complexity index is 1090. The number of aromatic nitrogens is 1. The first-order chi connectivity index (χ1) is 14.5. The van der Waals surface area contributed by atoms with Crippen LogP contribution in [0.1, 0.15) is 37.2 Å². The minimum absolute atomic E-state index is 0.0568. The van der Waals surface area contributed by atoms with Crippen LogP contribution in [0.2, 0.25) is 5.02 Å². The molecule has 0 unspecified atom stereocenters. The van der Waals surface area contributed by atoms with Gasteiger partial charge in [-0.1, -0.05) is 11.6 Å². The molecule has 3 aromatic rings. The molecule has 2 heterocycles. The van der Waals surface area contributed by atoms with Gasteiger partial charge in [0.15, 0.2) is 0 Å². The number of nitrogens with zero attached hydrogens (tertiary/aromatic N) is 2. The van der Waals surface area contributed by atoms with E-state index < -0.39 is 0 Å². The van der Waals surface area contributed by atoms with Crippen molar-refractivity contribution in [1.82, 2.24) is 9.88 Å². The zero-order chi connectivity index (χ0) is 20.7. The van der Waals surface area contributed by atoms with E-state index in [1.165, 1.54) is 11.6 Å². The molecule has 1 saturated heterocycles. The molecule has 4 nitrogen and oxygen atoms in total. The molecule has 0 radical (unpaired) electrons. The topological polar surface area (TPSA) is 45.2 Å². The van der Waals surface area contributed by atoms with Gasteiger partial charge in [-0.3, -0.25) is 4.98 Å². The number of benzene rings is 2. The highest BCUT2D eigenvalue weighted by atomic mass is 35.5. The maximum Gasteiger partial charge on any atom is 0.321 e. The van der Waals surface area contributed by atoms with Crippen LogP contribution in [-0.4, -0.2) is 29.0 Å². The van der Waals surface area contributed by atoms with E-state index in [1.807, 2.05) is 29.3 Å². The third-order valence-electron chi connectivity index (χ3n) is 6.74. The van der Waals surface area contributed by atoms with Crippen molar-refractivity contribution in [3.05, 3.63) is 71.1 Å². The Hall–Kier alpha value is -2.66. The van der Waals surface area contributed by atoms with Crippen LogP contribution in [0, 0.1) is 11.2 Å². The molecular weight excluding hydrogens is 401 g/mol. The minimum atomic E-state index is -0.217. The Morgan fingerprint density at radius 2 is 1.83 bits per heavy atom. The molecule has 1 spiro atoms. The molecule has 2 aliphatic rings. The summed E-state index contributed by atoms with van der Waals surface area (Å²) in [5.41, 5.74) is 3.10. The fraction of sp³-hybridized carbons (Fsp3) is 0.333. The number of anilines is 1. The molecule has 6 heteroatoms. The van der Waals surface area contributed by atoms with Crippen LogP contribution in [0.5, 0.6) is 0 Å². The fourth-order valence-corrected chi connectivity index (χ4v) is 5.16. The van der Waals surface area contributed by atoms with Gasteiger partial charge in [-0.2, -0.15) is 0 Å². The van der Waals surface area contributed by atoms with Crippen LogP contribution in [0.15, 0.2) is 54.7 Å². The van der Waals surface area contributed by atoms with Gasteiger partial charge < -0.3 is 10.2 Å². The average molecular weight is 424 g/mol. The molecule has 2 fully saturated rings. The molecule has 1 N–H and O–H groups in total. The largest absolute Gasteiger partial charge is 0.324 e. The Morgan fingerprint density at radius 1 is 1.10 bits per heavy atom. The number of nitrogens with one attached hydrogen (secondary N) is 1. The van der Waals surface area contributed by atoms with Gasteiger partial charge >= 0.3 is 6.03 Å². The van der Waals surface area contributed by atoms with Crippen LogP contribution < -0.4 is 5.32 Å². The summed E-state index contributed by atoms with van der Waals surface area (Å²) in [7, 11) is 0. The molecule has 0 atom stereocenters. The SMILES string of the molecule is O=C(Nc1ccc(Cl)cc1)N1CCC2(CC1)CC(c1ccnc3ccc(F)cc13)C2. The lowest BCUT2D eigenvalue weighted by Crippen LogP contribution is -2.49. The van der Waals surface area contributed by atoms with E-state index in [-0.39, 0.29) is 11.8 Å². The van der Waals surface area contributed by atoms with Crippen molar-refractivity contribution >= 4 is 34.2 Å². The molecular formula is C24H23ClFN3O. The molecule has 30 heavy (non-hydrogen) atoms. The second kappa shape index (κ2) is 7.55. The van der Waals surface area contributed by atoms with Gasteiger partial charge in [0.1, 0.15) is 5.82 Å². The molecule has 1 saturated carbocycles. The highest BCUT2D eigenvalue weighted by molar-refractivity contribution is 6.30. The van der Waals surface area contributed by atoms with Crippen molar-refractivity contribution in [3.63, 3.8) is 0 Å². The van der Waals surface area contributed by atoms with Gasteiger partial charge in [-0.25, -0.2) is 9.18 Å². The lowest BCUT2D eigenvalue weighted by molar-refractivity contribution is 0.0295. The number of carbonyl (C=O) groups excluding carboxylic acids is 1.